The first-order valence-electron chi connectivity index (χ1n) is 8.59. The summed E-state index contributed by atoms with van der Waals surface area (Å²) in [6.07, 6.45) is 3.19. The van der Waals surface area contributed by atoms with Crippen LogP contribution in [-0.2, 0) is 9.59 Å². The topological polar surface area (TPSA) is 58.2 Å². The highest BCUT2D eigenvalue weighted by Gasteiger charge is 2.04. The summed E-state index contributed by atoms with van der Waals surface area (Å²) in [6.45, 7) is 4.28. The number of nitrogens with one attached hydrogen (secondary N) is 2. The van der Waals surface area contributed by atoms with Gasteiger partial charge in [-0.25, -0.2) is 0 Å². The summed E-state index contributed by atoms with van der Waals surface area (Å²) in [7, 11) is 0. The van der Waals surface area contributed by atoms with E-state index in [2.05, 4.69) is 10.6 Å². The molecule has 0 unspecified atom stereocenters. The summed E-state index contributed by atoms with van der Waals surface area (Å²) in [6, 6.07) is 19.5. The van der Waals surface area contributed by atoms with Gasteiger partial charge < -0.3 is 10.6 Å². The summed E-state index contributed by atoms with van der Waals surface area (Å²) in [4.78, 5) is 23.0. The predicted octanol–water partition coefficient (Wildman–Crippen LogP) is 3.43. The van der Waals surface area contributed by atoms with E-state index >= 15 is 0 Å². The number of ketones is 2. The monoisotopic (exact) mass is 348 g/mol. The van der Waals surface area contributed by atoms with Gasteiger partial charge in [0.25, 0.3) is 0 Å². The van der Waals surface area contributed by atoms with E-state index in [1.165, 1.54) is 13.8 Å². The molecule has 0 fully saturated rings. The Kier molecular flexibility index (Phi) is 7.37. The van der Waals surface area contributed by atoms with Crippen LogP contribution in [-0.4, -0.2) is 24.7 Å². The lowest BCUT2D eigenvalue weighted by Gasteiger charge is -2.14. The van der Waals surface area contributed by atoms with Gasteiger partial charge in [-0.2, -0.15) is 0 Å². The van der Waals surface area contributed by atoms with Crippen molar-refractivity contribution in [3.05, 3.63) is 83.9 Å². The maximum Gasteiger partial charge on any atom is 0.154 e. The molecule has 2 aromatic carbocycles. The minimum absolute atomic E-state index is 0.00855. The van der Waals surface area contributed by atoms with Crippen molar-refractivity contribution in [3.8, 4) is 0 Å². The van der Waals surface area contributed by atoms with E-state index in [1.54, 1.807) is 12.2 Å². The summed E-state index contributed by atoms with van der Waals surface area (Å²) in [5, 5.41) is 6.59. The molecule has 0 amide bonds. The molecule has 134 valence electrons. The molecule has 2 N–H and O–H groups in total. The van der Waals surface area contributed by atoms with Crippen LogP contribution in [0, 0.1) is 0 Å². The zero-order valence-electron chi connectivity index (χ0n) is 15.2. The van der Waals surface area contributed by atoms with Gasteiger partial charge in [-0.3, -0.25) is 9.59 Å². The molecule has 26 heavy (non-hydrogen) atoms. The molecular weight excluding hydrogens is 324 g/mol. The first kappa shape index (κ1) is 19.2. The molecule has 0 bridgehead atoms. The average Bonchev–Trinajstić information content (AvgIpc) is 2.64. The van der Waals surface area contributed by atoms with Crippen LogP contribution in [0.5, 0.6) is 0 Å². The predicted molar refractivity (Wildman–Crippen MR) is 106 cm³/mol. The second kappa shape index (κ2) is 9.99. The van der Waals surface area contributed by atoms with Crippen molar-refractivity contribution in [2.75, 3.05) is 13.1 Å². The van der Waals surface area contributed by atoms with Crippen LogP contribution >= 0.6 is 0 Å². The number of hydrogen-bond acceptors (Lipinski definition) is 4. The molecule has 4 heteroatoms. The van der Waals surface area contributed by atoms with Gasteiger partial charge in [0.05, 0.1) is 0 Å². The van der Waals surface area contributed by atoms with Crippen LogP contribution in [0.1, 0.15) is 25.0 Å². The number of rotatable bonds is 9. The average molecular weight is 348 g/mol. The summed E-state index contributed by atoms with van der Waals surface area (Å²) in [5.41, 5.74) is 3.50. The Bertz CT molecular complexity index is 724. The molecule has 0 aliphatic rings. The van der Waals surface area contributed by atoms with Crippen LogP contribution < -0.4 is 10.6 Å². The molecule has 0 aliphatic heterocycles. The molecule has 0 saturated carbocycles. The van der Waals surface area contributed by atoms with Crippen LogP contribution in [0.2, 0.25) is 0 Å². The molecule has 0 heterocycles. The summed E-state index contributed by atoms with van der Waals surface area (Å²) in [5.74, 6) is -0.0171. The van der Waals surface area contributed by atoms with Gasteiger partial charge >= 0.3 is 0 Å². The van der Waals surface area contributed by atoms with Crippen LogP contribution in [0.3, 0.4) is 0 Å². The first-order chi connectivity index (χ1) is 12.6. The Morgan fingerprint density at radius 3 is 1.35 bits per heavy atom. The molecular formula is C22H24N2O2. The Morgan fingerprint density at radius 1 is 0.692 bits per heavy atom. The fourth-order valence-corrected chi connectivity index (χ4v) is 2.51. The third-order valence-electron chi connectivity index (χ3n) is 3.62. The SMILES string of the molecule is CC(=O)C=C(NCCNC(=CC(C)=O)c1ccccc1)c1ccccc1. The molecule has 0 aromatic heterocycles. The first-order valence-corrected chi connectivity index (χ1v) is 8.59. The largest absolute Gasteiger partial charge is 0.383 e. The van der Waals surface area contributed by atoms with Crippen LogP contribution in [0.4, 0.5) is 0 Å². The van der Waals surface area contributed by atoms with E-state index in [0.29, 0.717) is 13.1 Å². The van der Waals surface area contributed by atoms with Crippen molar-refractivity contribution in [3.63, 3.8) is 0 Å². The number of allylic oxidation sites excluding steroid dienone is 2. The fraction of sp³-hybridized carbons (Fsp3) is 0.182. The molecule has 0 atom stereocenters. The van der Waals surface area contributed by atoms with E-state index in [0.717, 1.165) is 22.5 Å². The maximum atomic E-state index is 11.5. The minimum Gasteiger partial charge on any atom is -0.383 e. The second-order valence-electron chi connectivity index (χ2n) is 5.92. The van der Waals surface area contributed by atoms with Gasteiger partial charge in [0.15, 0.2) is 11.6 Å². The normalized spacial score (nSPS) is 11.8. The van der Waals surface area contributed by atoms with Crippen molar-refractivity contribution in [1.82, 2.24) is 10.6 Å². The smallest absolute Gasteiger partial charge is 0.154 e. The summed E-state index contributed by atoms with van der Waals surface area (Å²) >= 11 is 0. The molecule has 0 saturated heterocycles. The number of carbonyl (C=O) groups is 2. The Balaban J connectivity index is 2.00. The molecule has 0 radical (unpaired) electrons. The van der Waals surface area contributed by atoms with Crippen molar-refractivity contribution in [2.24, 2.45) is 0 Å². The van der Waals surface area contributed by atoms with Gasteiger partial charge in [0, 0.05) is 36.6 Å². The highest BCUT2D eigenvalue weighted by molar-refractivity contribution is 5.95. The molecule has 2 aromatic rings. The second-order valence-corrected chi connectivity index (χ2v) is 5.92. The molecule has 4 nitrogen and oxygen atoms in total. The Morgan fingerprint density at radius 2 is 1.04 bits per heavy atom. The van der Waals surface area contributed by atoms with E-state index in [4.69, 9.17) is 0 Å². The number of hydrogen-bond donors (Lipinski definition) is 2. The van der Waals surface area contributed by atoms with E-state index in [-0.39, 0.29) is 11.6 Å². The molecule has 0 spiro atoms. The van der Waals surface area contributed by atoms with Gasteiger partial charge in [0.2, 0.25) is 0 Å². The zero-order chi connectivity index (χ0) is 18.8. The lowest BCUT2D eigenvalue weighted by atomic mass is 10.1. The van der Waals surface area contributed by atoms with E-state index < -0.39 is 0 Å². The maximum absolute atomic E-state index is 11.5. The van der Waals surface area contributed by atoms with Crippen LogP contribution in [0.15, 0.2) is 72.8 Å². The zero-order valence-corrected chi connectivity index (χ0v) is 15.2. The lowest BCUT2D eigenvalue weighted by Crippen LogP contribution is -2.26. The third kappa shape index (κ3) is 6.40. The van der Waals surface area contributed by atoms with Gasteiger partial charge in [0.1, 0.15) is 0 Å². The number of carbonyl (C=O) groups excluding carboxylic acids is 2. The number of benzene rings is 2. The van der Waals surface area contributed by atoms with Crippen molar-refractivity contribution >= 4 is 23.0 Å². The lowest BCUT2D eigenvalue weighted by molar-refractivity contribution is -0.113. The highest BCUT2D eigenvalue weighted by Crippen LogP contribution is 2.12. The summed E-state index contributed by atoms with van der Waals surface area (Å²) < 4.78 is 0. The quantitative estimate of drug-likeness (QED) is 0.538. The standard InChI is InChI=1S/C22H24N2O2/c1-17(25)15-21(19-9-5-3-6-10-19)23-13-14-24-22(16-18(2)26)20-11-7-4-8-12-20/h3-12,15-16,23-24H,13-14H2,1-2H3. The van der Waals surface area contributed by atoms with Crippen molar-refractivity contribution in [1.29, 1.82) is 0 Å². The molecule has 0 aliphatic carbocycles. The molecule has 2 rings (SSSR count). The van der Waals surface area contributed by atoms with Crippen LogP contribution in [0.25, 0.3) is 11.4 Å². The minimum atomic E-state index is -0.00855. The van der Waals surface area contributed by atoms with Gasteiger partial charge in [-0.1, -0.05) is 60.7 Å². The van der Waals surface area contributed by atoms with Gasteiger partial charge in [-0.05, 0) is 25.0 Å². The van der Waals surface area contributed by atoms with E-state index in [9.17, 15) is 9.59 Å². The van der Waals surface area contributed by atoms with Crippen molar-refractivity contribution < 1.29 is 9.59 Å². The van der Waals surface area contributed by atoms with E-state index in [1.807, 2.05) is 60.7 Å². The third-order valence-corrected chi connectivity index (χ3v) is 3.62. The van der Waals surface area contributed by atoms with Crippen molar-refractivity contribution in [2.45, 2.75) is 13.8 Å². The van der Waals surface area contributed by atoms with Gasteiger partial charge in [-0.15, -0.1) is 0 Å². The highest BCUT2D eigenvalue weighted by atomic mass is 16.1. The Hall–Kier alpha value is -3.14. The Labute approximate surface area is 154 Å². The fourth-order valence-electron chi connectivity index (χ4n) is 2.51.